The summed E-state index contributed by atoms with van der Waals surface area (Å²) in [6, 6.07) is 15.4. The highest BCUT2D eigenvalue weighted by Crippen LogP contribution is 2.27. The van der Waals surface area contributed by atoms with Crippen molar-refractivity contribution >= 4 is 23.5 Å². The molecule has 2 amide bonds. The third-order valence-electron chi connectivity index (χ3n) is 4.26. The normalized spacial score (nSPS) is 13.7. The van der Waals surface area contributed by atoms with E-state index in [0.29, 0.717) is 12.1 Å². The molecule has 1 atom stereocenters. The van der Waals surface area contributed by atoms with Crippen molar-refractivity contribution in [2.24, 2.45) is 0 Å². The Kier molecular flexibility index (Phi) is 5.31. The van der Waals surface area contributed by atoms with Crippen LogP contribution in [0.3, 0.4) is 0 Å². The Morgan fingerprint density at radius 3 is 2.54 bits per heavy atom. The van der Waals surface area contributed by atoms with Crippen LogP contribution in [0.25, 0.3) is 0 Å². The summed E-state index contributed by atoms with van der Waals surface area (Å²) in [6.45, 7) is 1.76. The lowest BCUT2D eigenvalue weighted by molar-refractivity contribution is -0.149. The van der Waals surface area contributed by atoms with Gasteiger partial charge in [-0.15, -0.1) is 0 Å². The van der Waals surface area contributed by atoms with Gasteiger partial charge in [-0.3, -0.25) is 9.59 Å². The van der Waals surface area contributed by atoms with E-state index in [1.165, 1.54) is 6.92 Å². The van der Waals surface area contributed by atoms with Crippen molar-refractivity contribution < 1.29 is 19.1 Å². The number of ether oxygens (including phenoxy) is 1. The molecule has 0 spiro atoms. The predicted molar refractivity (Wildman–Crippen MR) is 96.8 cm³/mol. The van der Waals surface area contributed by atoms with Gasteiger partial charge in [-0.1, -0.05) is 36.4 Å². The van der Waals surface area contributed by atoms with Gasteiger partial charge < -0.3 is 15.0 Å². The first kappa shape index (κ1) is 17.7. The standard InChI is InChI=1S/C20H20N2O4/c1-14(21-19(24)16-8-3-2-4-9-16)20(25)26-13-18(23)22-12-11-15-7-5-6-10-17(15)22/h2-10,14H,11-13H2,1H3,(H,21,24). The second-order valence-corrected chi connectivity index (χ2v) is 6.09. The molecule has 0 radical (unpaired) electrons. The molecule has 1 unspecified atom stereocenters. The highest BCUT2D eigenvalue weighted by molar-refractivity contribution is 5.98. The number of carbonyl (C=O) groups is 3. The Morgan fingerprint density at radius 2 is 1.77 bits per heavy atom. The van der Waals surface area contributed by atoms with Crippen LogP contribution in [-0.4, -0.2) is 37.0 Å². The second-order valence-electron chi connectivity index (χ2n) is 6.09. The number of para-hydroxylation sites is 1. The summed E-state index contributed by atoms with van der Waals surface area (Å²) < 4.78 is 5.08. The lowest BCUT2D eigenvalue weighted by atomic mass is 10.2. The summed E-state index contributed by atoms with van der Waals surface area (Å²) >= 11 is 0. The first-order valence-corrected chi connectivity index (χ1v) is 8.47. The van der Waals surface area contributed by atoms with Gasteiger partial charge in [-0.25, -0.2) is 4.79 Å². The molecule has 2 aromatic rings. The van der Waals surface area contributed by atoms with E-state index in [2.05, 4.69) is 5.32 Å². The Labute approximate surface area is 151 Å². The number of carbonyl (C=O) groups excluding carboxylic acids is 3. The zero-order valence-electron chi connectivity index (χ0n) is 14.5. The molecule has 0 aromatic heterocycles. The van der Waals surface area contributed by atoms with Crippen LogP contribution in [0.2, 0.25) is 0 Å². The molecular formula is C20H20N2O4. The van der Waals surface area contributed by atoms with E-state index < -0.39 is 12.0 Å². The van der Waals surface area contributed by atoms with E-state index in [0.717, 1.165) is 17.7 Å². The van der Waals surface area contributed by atoms with Gasteiger partial charge >= 0.3 is 5.97 Å². The Balaban J connectivity index is 1.51. The van der Waals surface area contributed by atoms with E-state index in [4.69, 9.17) is 4.74 Å². The zero-order valence-corrected chi connectivity index (χ0v) is 14.5. The number of hydrogen-bond acceptors (Lipinski definition) is 4. The fourth-order valence-electron chi connectivity index (χ4n) is 2.86. The summed E-state index contributed by atoms with van der Waals surface area (Å²) in [4.78, 5) is 38.1. The number of rotatable bonds is 5. The highest BCUT2D eigenvalue weighted by Gasteiger charge is 2.26. The summed E-state index contributed by atoms with van der Waals surface area (Å²) in [5.74, 6) is -1.28. The van der Waals surface area contributed by atoms with Crippen LogP contribution < -0.4 is 10.2 Å². The van der Waals surface area contributed by atoms with Crippen LogP contribution in [0.5, 0.6) is 0 Å². The maximum absolute atomic E-state index is 12.3. The lowest BCUT2D eigenvalue weighted by Gasteiger charge is -2.18. The summed E-state index contributed by atoms with van der Waals surface area (Å²) in [5, 5.41) is 2.57. The summed E-state index contributed by atoms with van der Waals surface area (Å²) in [7, 11) is 0. The lowest BCUT2D eigenvalue weighted by Crippen LogP contribution is -2.41. The molecule has 26 heavy (non-hydrogen) atoms. The van der Waals surface area contributed by atoms with E-state index >= 15 is 0 Å². The van der Waals surface area contributed by atoms with Gasteiger partial charge in [-0.05, 0) is 37.1 Å². The van der Waals surface area contributed by atoms with Crippen LogP contribution in [-0.2, 0) is 20.7 Å². The minimum atomic E-state index is -0.846. The molecule has 1 heterocycles. The van der Waals surface area contributed by atoms with E-state index in [1.54, 1.807) is 35.2 Å². The smallest absolute Gasteiger partial charge is 0.328 e. The molecule has 1 aliphatic heterocycles. The molecule has 0 aliphatic carbocycles. The minimum Gasteiger partial charge on any atom is -0.454 e. The third kappa shape index (κ3) is 3.91. The fraction of sp³-hybridized carbons (Fsp3) is 0.250. The molecule has 0 bridgehead atoms. The molecular weight excluding hydrogens is 332 g/mol. The maximum atomic E-state index is 12.3. The number of fused-ring (bicyclic) bond motifs is 1. The Morgan fingerprint density at radius 1 is 1.08 bits per heavy atom. The largest absolute Gasteiger partial charge is 0.454 e. The number of nitrogens with one attached hydrogen (secondary N) is 1. The quantitative estimate of drug-likeness (QED) is 0.835. The Hall–Kier alpha value is -3.15. The van der Waals surface area contributed by atoms with Gasteiger partial charge in [-0.2, -0.15) is 0 Å². The average molecular weight is 352 g/mol. The van der Waals surface area contributed by atoms with Gasteiger partial charge in [0, 0.05) is 17.8 Å². The van der Waals surface area contributed by atoms with E-state index in [1.807, 2.05) is 24.3 Å². The van der Waals surface area contributed by atoms with Crippen molar-refractivity contribution in [1.82, 2.24) is 5.32 Å². The molecule has 1 aliphatic rings. The van der Waals surface area contributed by atoms with E-state index in [9.17, 15) is 14.4 Å². The van der Waals surface area contributed by atoms with Gasteiger partial charge in [0.05, 0.1) is 0 Å². The summed E-state index contributed by atoms with van der Waals surface area (Å²) in [5.41, 5.74) is 2.42. The highest BCUT2D eigenvalue weighted by atomic mass is 16.5. The number of nitrogens with zero attached hydrogens (tertiary/aromatic N) is 1. The first-order valence-electron chi connectivity index (χ1n) is 8.47. The number of benzene rings is 2. The molecule has 3 rings (SSSR count). The molecule has 0 saturated heterocycles. The van der Waals surface area contributed by atoms with Crippen molar-refractivity contribution in [3.63, 3.8) is 0 Å². The van der Waals surface area contributed by atoms with Crippen molar-refractivity contribution in [3.8, 4) is 0 Å². The average Bonchev–Trinajstić information content (AvgIpc) is 3.10. The van der Waals surface area contributed by atoms with Gasteiger partial charge in [0.1, 0.15) is 6.04 Å². The first-order chi connectivity index (χ1) is 12.6. The van der Waals surface area contributed by atoms with Gasteiger partial charge in [0.2, 0.25) is 0 Å². The van der Waals surface area contributed by atoms with Crippen molar-refractivity contribution in [1.29, 1.82) is 0 Å². The Bertz CT molecular complexity index is 820. The molecule has 0 fully saturated rings. The van der Waals surface area contributed by atoms with Gasteiger partial charge in [0.15, 0.2) is 6.61 Å². The zero-order chi connectivity index (χ0) is 18.5. The topological polar surface area (TPSA) is 75.7 Å². The van der Waals surface area contributed by atoms with Crippen molar-refractivity contribution in [3.05, 3.63) is 65.7 Å². The number of amides is 2. The monoisotopic (exact) mass is 352 g/mol. The van der Waals surface area contributed by atoms with E-state index in [-0.39, 0.29) is 18.4 Å². The van der Waals surface area contributed by atoms with Crippen molar-refractivity contribution in [2.75, 3.05) is 18.1 Å². The molecule has 6 heteroatoms. The van der Waals surface area contributed by atoms with Crippen molar-refractivity contribution in [2.45, 2.75) is 19.4 Å². The SMILES string of the molecule is CC(NC(=O)c1ccccc1)C(=O)OCC(=O)N1CCc2ccccc21. The third-order valence-corrected chi connectivity index (χ3v) is 4.26. The number of anilines is 1. The predicted octanol–water partition coefficient (Wildman–Crippen LogP) is 1.94. The molecule has 6 nitrogen and oxygen atoms in total. The minimum absolute atomic E-state index is 0.273. The fourth-order valence-corrected chi connectivity index (χ4v) is 2.86. The summed E-state index contributed by atoms with van der Waals surface area (Å²) in [6.07, 6.45) is 0.791. The number of esters is 1. The van der Waals surface area contributed by atoms with Crippen LogP contribution >= 0.6 is 0 Å². The van der Waals surface area contributed by atoms with Crippen LogP contribution in [0.4, 0.5) is 5.69 Å². The molecule has 1 N–H and O–H groups in total. The number of hydrogen-bond donors (Lipinski definition) is 1. The van der Waals surface area contributed by atoms with Gasteiger partial charge in [0.25, 0.3) is 11.8 Å². The second kappa shape index (κ2) is 7.82. The van der Waals surface area contributed by atoms with Crippen LogP contribution in [0.15, 0.2) is 54.6 Å². The molecule has 134 valence electrons. The molecule has 2 aromatic carbocycles. The molecule has 0 saturated carbocycles. The maximum Gasteiger partial charge on any atom is 0.328 e. The van der Waals surface area contributed by atoms with Crippen LogP contribution in [0, 0.1) is 0 Å². The van der Waals surface area contributed by atoms with Crippen LogP contribution in [0.1, 0.15) is 22.8 Å².